The van der Waals surface area contributed by atoms with Crippen LogP contribution < -0.4 is 15.7 Å². The number of thiophene rings is 1. The molecule has 7 nitrogen and oxygen atoms in total. The molecule has 1 amide bonds. The molecule has 0 saturated carbocycles. The summed E-state index contributed by atoms with van der Waals surface area (Å²) in [5.41, 5.74) is 4.02. The fraction of sp³-hybridized carbons (Fsp3) is 0.200. The molecule has 2 aromatic heterocycles. The molecule has 0 bridgehead atoms. The normalized spacial score (nSPS) is 11.5. The van der Waals surface area contributed by atoms with E-state index in [0.29, 0.717) is 16.0 Å². The maximum absolute atomic E-state index is 12.2. The van der Waals surface area contributed by atoms with Gasteiger partial charge in [0.2, 0.25) is 5.91 Å². The number of para-hydroxylation sites is 1. The van der Waals surface area contributed by atoms with Crippen molar-refractivity contribution in [1.82, 2.24) is 15.4 Å². The number of hydrazone groups is 1. The summed E-state index contributed by atoms with van der Waals surface area (Å²) in [7, 11) is 1.61. The molecule has 0 aliphatic carbocycles. The number of nitrogens with one attached hydrogen (secondary N) is 2. The summed E-state index contributed by atoms with van der Waals surface area (Å²) >= 11 is 1.45. The molecular formula is C20H20N4O3S. The lowest BCUT2D eigenvalue weighted by Gasteiger charge is -2.02. The average molecular weight is 396 g/mol. The quantitative estimate of drug-likeness (QED) is 0.494. The van der Waals surface area contributed by atoms with Crippen molar-refractivity contribution < 1.29 is 9.53 Å². The van der Waals surface area contributed by atoms with Crippen LogP contribution in [0.5, 0.6) is 5.75 Å². The van der Waals surface area contributed by atoms with Crippen molar-refractivity contribution in [1.29, 1.82) is 0 Å². The van der Waals surface area contributed by atoms with Gasteiger partial charge in [-0.3, -0.25) is 9.59 Å². The maximum atomic E-state index is 12.2. The van der Waals surface area contributed by atoms with Crippen LogP contribution in [0.3, 0.4) is 0 Å². The van der Waals surface area contributed by atoms with E-state index in [1.165, 1.54) is 17.6 Å². The van der Waals surface area contributed by atoms with Gasteiger partial charge in [-0.15, -0.1) is 11.3 Å². The molecule has 28 heavy (non-hydrogen) atoms. The Balaban J connectivity index is 1.61. The third-order valence-corrected chi connectivity index (χ3v) is 5.28. The lowest BCUT2D eigenvalue weighted by Crippen LogP contribution is -2.22. The highest BCUT2D eigenvalue weighted by Crippen LogP contribution is 2.25. The Labute approximate surface area is 165 Å². The number of carbonyl (C=O) groups excluding carboxylic acids is 1. The van der Waals surface area contributed by atoms with Crippen LogP contribution in [0.4, 0.5) is 0 Å². The lowest BCUT2D eigenvalue weighted by atomic mass is 10.2. The van der Waals surface area contributed by atoms with Gasteiger partial charge in [0.15, 0.2) is 0 Å². The number of H-pyrrole nitrogens is 1. The van der Waals surface area contributed by atoms with Gasteiger partial charge in [-0.1, -0.05) is 18.2 Å². The second-order valence-corrected chi connectivity index (χ2v) is 7.27. The van der Waals surface area contributed by atoms with Crippen LogP contribution in [0.25, 0.3) is 16.3 Å². The smallest absolute Gasteiger partial charge is 0.259 e. The Bertz CT molecular complexity index is 1130. The number of methoxy groups -OCH3 is 1. The average Bonchev–Trinajstić information content (AvgIpc) is 2.96. The lowest BCUT2D eigenvalue weighted by molar-refractivity contribution is -0.120. The summed E-state index contributed by atoms with van der Waals surface area (Å²) in [5.74, 6) is 0.700. The first kappa shape index (κ1) is 19.5. The number of rotatable bonds is 6. The van der Waals surface area contributed by atoms with E-state index in [0.717, 1.165) is 21.8 Å². The van der Waals surface area contributed by atoms with Crippen LogP contribution in [0.15, 0.2) is 40.2 Å². The highest BCUT2D eigenvalue weighted by atomic mass is 32.1. The number of hydrogen-bond donors (Lipinski definition) is 2. The third-order valence-electron chi connectivity index (χ3n) is 4.18. The highest BCUT2D eigenvalue weighted by molar-refractivity contribution is 7.18. The van der Waals surface area contributed by atoms with Gasteiger partial charge < -0.3 is 9.72 Å². The fourth-order valence-corrected chi connectivity index (χ4v) is 3.73. The van der Waals surface area contributed by atoms with Crippen LogP contribution in [0.1, 0.15) is 21.8 Å². The Kier molecular flexibility index (Phi) is 6.00. The molecule has 144 valence electrons. The number of benzene rings is 1. The molecule has 1 aromatic carbocycles. The Morgan fingerprint density at radius 3 is 2.93 bits per heavy atom. The van der Waals surface area contributed by atoms with E-state index in [1.807, 2.05) is 44.2 Å². The number of nitrogens with zero attached hydrogens (tertiary/aromatic N) is 2. The van der Waals surface area contributed by atoms with Gasteiger partial charge >= 0.3 is 0 Å². The van der Waals surface area contributed by atoms with Crippen molar-refractivity contribution in [2.45, 2.75) is 20.3 Å². The molecule has 0 spiro atoms. The standard InChI is InChI=1S/C20H20N4O3S/c1-12-13(2)28-20-18(12)19(26)22-16(23-20)11-17(25)24-21-10-6-8-14-7-4-5-9-15(14)27-3/h4-10H,11H2,1-3H3,(H,24,25)(H,22,23,26)/b8-6+,21-10+. The molecular weight excluding hydrogens is 376 g/mol. The second-order valence-electron chi connectivity index (χ2n) is 6.07. The molecule has 0 fully saturated rings. The molecule has 2 heterocycles. The number of amides is 1. The number of allylic oxidation sites excluding steroid dienone is 1. The first-order valence-corrected chi connectivity index (χ1v) is 9.41. The second kappa shape index (κ2) is 8.62. The van der Waals surface area contributed by atoms with Crippen LogP contribution in [0, 0.1) is 13.8 Å². The number of aromatic amines is 1. The zero-order valence-electron chi connectivity index (χ0n) is 15.8. The van der Waals surface area contributed by atoms with E-state index in [9.17, 15) is 9.59 Å². The summed E-state index contributed by atoms with van der Waals surface area (Å²) in [6, 6.07) is 7.56. The molecule has 3 aromatic rings. The molecule has 0 aliphatic heterocycles. The van der Waals surface area contributed by atoms with Crippen molar-refractivity contribution in [2.24, 2.45) is 5.10 Å². The Hall–Kier alpha value is -3.26. The topological polar surface area (TPSA) is 96.4 Å². The minimum absolute atomic E-state index is 0.0608. The van der Waals surface area contributed by atoms with Crippen LogP contribution in [-0.4, -0.2) is 29.2 Å². The van der Waals surface area contributed by atoms with Gasteiger partial charge in [0.1, 0.15) is 16.4 Å². The zero-order chi connectivity index (χ0) is 20.1. The molecule has 0 unspecified atom stereocenters. The Morgan fingerprint density at radius 1 is 1.36 bits per heavy atom. The minimum atomic E-state index is -0.366. The molecule has 2 N–H and O–H groups in total. The van der Waals surface area contributed by atoms with Crippen LogP contribution >= 0.6 is 11.3 Å². The predicted octanol–water partition coefficient (Wildman–Crippen LogP) is 2.97. The summed E-state index contributed by atoms with van der Waals surface area (Å²) in [4.78, 5) is 33.0. The number of hydrogen-bond acceptors (Lipinski definition) is 6. The zero-order valence-corrected chi connectivity index (χ0v) is 16.6. The first-order chi connectivity index (χ1) is 13.5. The fourth-order valence-electron chi connectivity index (χ4n) is 2.68. The van der Waals surface area contributed by atoms with Crippen molar-refractivity contribution in [2.75, 3.05) is 7.11 Å². The SMILES string of the molecule is COc1ccccc1/C=C/C=N/NC(=O)Cc1nc2sc(C)c(C)c2c(=O)[nH]1. The van der Waals surface area contributed by atoms with E-state index in [2.05, 4.69) is 20.5 Å². The van der Waals surface area contributed by atoms with Crippen molar-refractivity contribution >= 4 is 39.8 Å². The summed E-state index contributed by atoms with van der Waals surface area (Å²) < 4.78 is 5.26. The number of ether oxygens (including phenoxy) is 1. The monoisotopic (exact) mass is 396 g/mol. The van der Waals surface area contributed by atoms with E-state index < -0.39 is 0 Å². The van der Waals surface area contributed by atoms with E-state index >= 15 is 0 Å². The van der Waals surface area contributed by atoms with Gasteiger partial charge in [0.05, 0.1) is 18.9 Å². The summed E-state index contributed by atoms with van der Waals surface area (Å²) in [6.07, 6.45) is 4.93. The molecule has 0 radical (unpaired) electrons. The van der Waals surface area contributed by atoms with E-state index in [4.69, 9.17) is 4.74 Å². The van der Waals surface area contributed by atoms with Crippen molar-refractivity contribution in [3.8, 4) is 5.75 Å². The minimum Gasteiger partial charge on any atom is -0.496 e. The van der Waals surface area contributed by atoms with E-state index in [-0.39, 0.29) is 17.9 Å². The number of carbonyl (C=O) groups is 1. The van der Waals surface area contributed by atoms with Gasteiger partial charge in [-0.2, -0.15) is 5.10 Å². The summed E-state index contributed by atoms with van der Waals surface area (Å²) in [5, 5.41) is 4.46. The molecule has 8 heteroatoms. The summed E-state index contributed by atoms with van der Waals surface area (Å²) in [6.45, 7) is 3.84. The maximum Gasteiger partial charge on any atom is 0.259 e. The Morgan fingerprint density at radius 2 is 2.14 bits per heavy atom. The molecule has 0 atom stereocenters. The third kappa shape index (κ3) is 4.34. The van der Waals surface area contributed by atoms with Crippen molar-refractivity contribution in [3.63, 3.8) is 0 Å². The highest BCUT2D eigenvalue weighted by Gasteiger charge is 2.13. The van der Waals surface area contributed by atoms with Crippen molar-refractivity contribution in [3.05, 3.63) is 62.5 Å². The first-order valence-electron chi connectivity index (χ1n) is 8.60. The van der Waals surface area contributed by atoms with Gasteiger partial charge in [0, 0.05) is 16.7 Å². The van der Waals surface area contributed by atoms with Crippen LogP contribution in [-0.2, 0) is 11.2 Å². The number of fused-ring (bicyclic) bond motifs is 1. The van der Waals surface area contributed by atoms with Gasteiger partial charge in [-0.05, 0) is 37.6 Å². The molecule has 0 aliphatic rings. The van der Waals surface area contributed by atoms with E-state index in [1.54, 1.807) is 13.2 Å². The number of aryl methyl sites for hydroxylation is 2. The van der Waals surface area contributed by atoms with Crippen LogP contribution in [0.2, 0.25) is 0 Å². The molecule has 3 rings (SSSR count). The van der Waals surface area contributed by atoms with Gasteiger partial charge in [-0.25, -0.2) is 10.4 Å². The largest absolute Gasteiger partial charge is 0.496 e. The molecule has 0 saturated heterocycles. The van der Waals surface area contributed by atoms with Gasteiger partial charge in [0.25, 0.3) is 5.56 Å². The number of aromatic nitrogens is 2. The predicted molar refractivity (Wildman–Crippen MR) is 112 cm³/mol.